The van der Waals surface area contributed by atoms with E-state index in [9.17, 15) is 4.79 Å². The maximum Gasteiger partial charge on any atom is 0.185 e. The van der Waals surface area contributed by atoms with Crippen LogP contribution in [0.2, 0.25) is 0 Å². The van der Waals surface area contributed by atoms with Gasteiger partial charge in [-0.1, -0.05) is 0 Å². The Hall–Kier alpha value is -2.49. The first-order valence-electron chi connectivity index (χ1n) is 5.52. The first-order chi connectivity index (χ1) is 8.81. The van der Waals surface area contributed by atoms with Gasteiger partial charge in [-0.25, -0.2) is 0 Å². The number of rotatable bonds is 3. The summed E-state index contributed by atoms with van der Waals surface area (Å²) < 4.78 is 10.7. The maximum absolute atomic E-state index is 10.7. The van der Waals surface area contributed by atoms with Gasteiger partial charge in [-0.2, -0.15) is 0 Å². The van der Waals surface area contributed by atoms with E-state index in [-0.39, 0.29) is 0 Å². The van der Waals surface area contributed by atoms with Crippen molar-refractivity contribution in [2.24, 2.45) is 0 Å². The highest BCUT2D eigenvalue weighted by molar-refractivity contribution is 5.94. The molecule has 0 aliphatic rings. The number of benzene rings is 1. The van der Waals surface area contributed by atoms with Crippen LogP contribution >= 0.6 is 0 Å². The third kappa shape index (κ3) is 1.59. The lowest BCUT2D eigenvalue weighted by molar-refractivity contribution is 0.110. The van der Waals surface area contributed by atoms with Crippen molar-refractivity contribution in [1.82, 2.24) is 4.98 Å². The van der Waals surface area contributed by atoms with Crippen LogP contribution in [0.25, 0.3) is 22.2 Å². The molecule has 0 bridgehead atoms. The second kappa shape index (κ2) is 4.07. The van der Waals surface area contributed by atoms with E-state index < -0.39 is 0 Å². The fraction of sp³-hybridized carbons (Fsp3) is 0.0714. The van der Waals surface area contributed by atoms with Gasteiger partial charge in [-0.3, -0.25) is 4.79 Å². The van der Waals surface area contributed by atoms with Gasteiger partial charge in [-0.15, -0.1) is 0 Å². The van der Waals surface area contributed by atoms with Crippen molar-refractivity contribution in [1.29, 1.82) is 0 Å². The molecule has 0 saturated heterocycles. The van der Waals surface area contributed by atoms with E-state index in [0.29, 0.717) is 17.8 Å². The van der Waals surface area contributed by atoms with E-state index in [1.54, 1.807) is 19.2 Å². The molecule has 0 saturated carbocycles. The average Bonchev–Trinajstić information content (AvgIpc) is 3.05. The summed E-state index contributed by atoms with van der Waals surface area (Å²) in [5, 5.41) is 1.04. The van der Waals surface area contributed by atoms with Gasteiger partial charge in [0.1, 0.15) is 11.5 Å². The highest BCUT2D eigenvalue weighted by Crippen LogP contribution is 2.33. The lowest BCUT2D eigenvalue weighted by Gasteiger charge is -2.04. The molecule has 4 heteroatoms. The standard InChI is InChI=1S/C14H11NO3/c1-17-11-6-9-4-5-15-14(9)12(7-11)13-3-2-10(8-16)18-13/h2-8,15H,1H3. The van der Waals surface area contributed by atoms with Gasteiger partial charge in [0.2, 0.25) is 0 Å². The number of carbonyl (C=O) groups is 1. The van der Waals surface area contributed by atoms with E-state index in [0.717, 1.165) is 22.2 Å². The van der Waals surface area contributed by atoms with Crippen LogP contribution < -0.4 is 4.74 Å². The van der Waals surface area contributed by atoms with Crippen molar-refractivity contribution in [3.63, 3.8) is 0 Å². The molecule has 0 aliphatic heterocycles. The zero-order valence-electron chi connectivity index (χ0n) is 9.77. The van der Waals surface area contributed by atoms with Crippen LogP contribution in [0.3, 0.4) is 0 Å². The van der Waals surface area contributed by atoms with Crippen molar-refractivity contribution in [3.05, 3.63) is 42.3 Å². The summed E-state index contributed by atoms with van der Waals surface area (Å²) in [6.07, 6.45) is 2.55. The molecule has 90 valence electrons. The molecule has 1 aromatic carbocycles. The van der Waals surface area contributed by atoms with Gasteiger partial charge in [0.15, 0.2) is 12.0 Å². The lowest BCUT2D eigenvalue weighted by atomic mass is 10.1. The summed E-state index contributed by atoms with van der Waals surface area (Å²) in [5.74, 6) is 1.71. The number of ether oxygens (including phenoxy) is 1. The monoisotopic (exact) mass is 241 g/mol. The number of H-pyrrole nitrogens is 1. The summed E-state index contributed by atoms with van der Waals surface area (Å²) in [6, 6.07) is 9.21. The predicted molar refractivity (Wildman–Crippen MR) is 67.9 cm³/mol. The minimum Gasteiger partial charge on any atom is -0.497 e. The van der Waals surface area contributed by atoms with Gasteiger partial charge >= 0.3 is 0 Å². The third-order valence-electron chi connectivity index (χ3n) is 2.88. The Bertz CT molecular complexity index is 709. The number of carbonyl (C=O) groups excluding carboxylic acids is 1. The van der Waals surface area contributed by atoms with E-state index in [4.69, 9.17) is 9.15 Å². The first kappa shape index (κ1) is 10.7. The van der Waals surface area contributed by atoms with Crippen molar-refractivity contribution in [2.75, 3.05) is 7.11 Å². The number of hydrogen-bond acceptors (Lipinski definition) is 3. The molecule has 0 amide bonds. The molecule has 0 aliphatic carbocycles. The van der Waals surface area contributed by atoms with E-state index in [2.05, 4.69) is 4.98 Å². The number of nitrogens with one attached hydrogen (secondary N) is 1. The summed E-state index contributed by atoms with van der Waals surface area (Å²) in [5.41, 5.74) is 1.84. The van der Waals surface area contributed by atoms with Crippen molar-refractivity contribution in [3.8, 4) is 17.1 Å². The minimum absolute atomic E-state index is 0.313. The van der Waals surface area contributed by atoms with Crippen LogP contribution in [0.5, 0.6) is 5.75 Å². The van der Waals surface area contributed by atoms with Crippen LogP contribution in [0.4, 0.5) is 0 Å². The second-order valence-corrected chi connectivity index (χ2v) is 3.94. The van der Waals surface area contributed by atoms with Gasteiger partial charge in [0.25, 0.3) is 0 Å². The molecule has 0 radical (unpaired) electrons. The highest BCUT2D eigenvalue weighted by Gasteiger charge is 2.11. The topological polar surface area (TPSA) is 55.2 Å². The van der Waals surface area contributed by atoms with Gasteiger partial charge < -0.3 is 14.1 Å². The van der Waals surface area contributed by atoms with Crippen LogP contribution in [-0.2, 0) is 0 Å². The first-order valence-corrected chi connectivity index (χ1v) is 5.52. The number of methoxy groups -OCH3 is 1. The van der Waals surface area contributed by atoms with Crippen molar-refractivity contribution in [2.45, 2.75) is 0 Å². The minimum atomic E-state index is 0.313. The summed E-state index contributed by atoms with van der Waals surface area (Å²) in [6.45, 7) is 0. The molecule has 18 heavy (non-hydrogen) atoms. The summed E-state index contributed by atoms with van der Waals surface area (Å²) in [7, 11) is 1.62. The molecule has 2 aromatic heterocycles. The Morgan fingerprint density at radius 2 is 2.17 bits per heavy atom. The molecule has 0 fully saturated rings. The Balaban J connectivity index is 2.25. The normalized spacial score (nSPS) is 10.7. The zero-order valence-corrected chi connectivity index (χ0v) is 9.77. The predicted octanol–water partition coefficient (Wildman–Crippen LogP) is 3.25. The van der Waals surface area contributed by atoms with Crippen molar-refractivity contribution >= 4 is 17.2 Å². The average molecular weight is 241 g/mol. The zero-order chi connectivity index (χ0) is 12.5. The van der Waals surface area contributed by atoms with E-state index in [1.165, 1.54) is 0 Å². The molecule has 2 heterocycles. The maximum atomic E-state index is 10.7. The molecular weight excluding hydrogens is 230 g/mol. The SMILES string of the molecule is COc1cc(-c2ccc(C=O)o2)c2[nH]ccc2c1. The fourth-order valence-corrected chi connectivity index (χ4v) is 2.02. The smallest absolute Gasteiger partial charge is 0.185 e. The molecule has 1 N–H and O–H groups in total. The number of furan rings is 1. The van der Waals surface area contributed by atoms with E-state index in [1.807, 2.05) is 24.4 Å². The van der Waals surface area contributed by atoms with Crippen LogP contribution in [0, 0.1) is 0 Å². The van der Waals surface area contributed by atoms with Crippen molar-refractivity contribution < 1.29 is 13.9 Å². The number of hydrogen-bond donors (Lipinski definition) is 1. The number of aromatic amines is 1. The van der Waals surface area contributed by atoms with Gasteiger partial charge in [0.05, 0.1) is 12.6 Å². The largest absolute Gasteiger partial charge is 0.497 e. The van der Waals surface area contributed by atoms with E-state index >= 15 is 0 Å². The lowest BCUT2D eigenvalue weighted by Crippen LogP contribution is -1.85. The molecule has 4 nitrogen and oxygen atoms in total. The number of aldehydes is 1. The molecule has 0 unspecified atom stereocenters. The highest BCUT2D eigenvalue weighted by atomic mass is 16.5. The van der Waals surface area contributed by atoms with Gasteiger partial charge in [-0.05, 0) is 30.3 Å². The molecular formula is C14H11NO3. The third-order valence-corrected chi connectivity index (χ3v) is 2.88. The summed E-state index contributed by atoms with van der Waals surface area (Å²) >= 11 is 0. The van der Waals surface area contributed by atoms with Crippen LogP contribution in [-0.4, -0.2) is 18.4 Å². The Kier molecular flexibility index (Phi) is 2.41. The van der Waals surface area contributed by atoms with Crippen LogP contribution in [0.1, 0.15) is 10.6 Å². The molecule has 0 spiro atoms. The molecule has 3 rings (SSSR count). The number of aromatic nitrogens is 1. The quantitative estimate of drug-likeness (QED) is 0.716. The Labute approximate surface area is 103 Å². The van der Waals surface area contributed by atoms with Gasteiger partial charge in [0, 0.05) is 17.1 Å². The Morgan fingerprint density at radius 3 is 2.89 bits per heavy atom. The molecule has 3 aromatic rings. The van der Waals surface area contributed by atoms with Crippen LogP contribution in [0.15, 0.2) is 40.9 Å². The number of fused-ring (bicyclic) bond motifs is 1. The molecule has 0 atom stereocenters. The Morgan fingerprint density at radius 1 is 1.28 bits per heavy atom. The fourth-order valence-electron chi connectivity index (χ4n) is 2.02. The summed E-state index contributed by atoms with van der Waals surface area (Å²) in [4.78, 5) is 13.8. The second-order valence-electron chi connectivity index (χ2n) is 3.94.